The summed E-state index contributed by atoms with van der Waals surface area (Å²) in [7, 11) is 5.37. The summed E-state index contributed by atoms with van der Waals surface area (Å²) in [4.78, 5) is 20.3. The van der Waals surface area contributed by atoms with Gasteiger partial charge in [-0.2, -0.15) is 15.0 Å². The zero-order chi connectivity index (χ0) is 17.0. The van der Waals surface area contributed by atoms with E-state index in [9.17, 15) is 4.79 Å². The third kappa shape index (κ3) is 2.13. The topological polar surface area (TPSA) is 85.2 Å². The van der Waals surface area contributed by atoms with Gasteiger partial charge in [0, 0.05) is 20.0 Å². The van der Waals surface area contributed by atoms with E-state index < -0.39 is 0 Å². The fourth-order valence-corrected chi connectivity index (χ4v) is 3.12. The summed E-state index contributed by atoms with van der Waals surface area (Å²) in [5.41, 5.74) is 3.31. The van der Waals surface area contributed by atoms with Crippen LogP contribution in [-0.2, 0) is 11.8 Å². The summed E-state index contributed by atoms with van der Waals surface area (Å²) in [6.45, 7) is 2.06. The number of nitrogens with zero attached hydrogens (tertiary/aromatic N) is 5. The number of carbonyl (C=O) groups is 1. The quantitative estimate of drug-likeness (QED) is 0.924. The maximum atomic E-state index is 12.2. The van der Waals surface area contributed by atoms with Crippen molar-refractivity contribution in [3.63, 3.8) is 0 Å². The minimum Gasteiger partial charge on any atom is -0.494 e. The number of rotatable bonds is 3. The molecule has 1 aliphatic carbocycles. The molecule has 3 heterocycles. The van der Waals surface area contributed by atoms with Crippen molar-refractivity contribution in [2.45, 2.75) is 25.8 Å². The van der Waals surface area contributed by atoms with E-state index in [2.05, 4.69) is 32.3 Å². The second-order valence-corrected chi connectivity index (χ2v) is 6.37. The van der Waals surface area contributed by atoms with E-state index in [0.29, 0.717) is 11.6 Å². The van der Waals surface area contributed by atoms with Crippen LogP contribution in [0.1, 0.15) is 31.5 Å². The van der Waals surface area contributed by atoms with Gasteiger partial charge in [-0.05, 0) is 19.8 Å². The fraction of sp³-hybridized carbons (Fsp3) is 0.500. The van der Waals surface area contributed by atoms with Crippen LogP contribution in [0.2, 0.25) is 0 Å². The lowest BCUT2D eigenvalue weighted by molar-refractivity contribution is -0.117. The van der Waals surface area contributed by atoms with E-state index in [0.717, 1.165) is 35.5 Å². The molecule has 1 atom stereocenters. The molecule has 4 rings (SSSR count). The molecule has 2 aliphatic rings. The van der Waals surface area contributed by atoms with E-state index in [1.807, 2.05) is 7.05 Å². The van der Waals surface area contributed by atoms with E-state index in [1.165, 1.54) is 0 Å². The number of fused-ring (bicyclic) bond motifs is 3. The maximum absolute atomic E-state index is 12.2. The first-order valence-corrected chi connectivity index (χ1v) is 8.03. The first-order chi connectivity index (χ1) is 11.5. The van der Waals surface area contributed by atoms with E-state index >= 15 is 0 Å². The van der Waals surface area contributed by atoms with Gasteiger partial charge in [-0.1, -0.05) is 0 Å². The SMILES string of the molecule is COc1cnc(NC(=O)C2CC2)c2c1-c1nn(C)nc1C(C)N2C. The lowest BCUT2D eigenvalue weighted by atomic mass is 9.98. The molecule has 24 heavy (non-hydrogen) atoms. The Labute approximate surface area is 139 Å². The Morgan fingerprint density at radius 3 is 2.75 bits per heavy atom. The van der Waals surface area contributed by atoms with Crippen LogP contribution in [0.15, 0.2) is 6.20 Å². The Morgan fingerprint density at radius 1 is 1.33 bits per heavy atom. The summed E-state index contributed by atoms with van der Waals surface area (Å²) in [5, 5.41) is 12.0. The van der Waals surface area contributed by atoms with Gasteiger partial charge in [-0.15, -0.1) is 0 Å². The summed E-state index contributed by atoms with van der Waals surface area (Å²) in [6, 6.07) is 0.0201. The molecule has 1 amide bonds. The second kappa shape index (κ2) is 5.19. The van der Waals surface area contributed by atoms with Gasteiger partial charge >= 0.3 is 0 Å². The van der Waals surface area contributed by atoms with Crippen molar-refractivity contribution in [3.8, 4) is 17.0 Å². The number of anilines is 2. The van der Waals surface area contributed by atoms with Crippen molar-refractivity contribution >= 4 is 17.4 Å². The highest BCUT2D eigenvalue weighted by Gasteiger charge is 2.37. The number of hydrogen-bond acceptors (Lipinski definition) is 6. The van der Waals surface area contributed by atoms with E-state index in [-0.39, 0.29) is 17.9 Å². The van der Waals surface area contributed by atoms with E-state index in [4.69, 9.17) is 4.74 Å². The molecule has 0 aromatic carbocycles. The third-order valence-electron chi connectivity index (χ3n) is 4.73. The lowest BCUT2D eigenvalue weighted by Crippen LogP contribution is -2.29. The molecule has 2 aromatic rings. The number of aryl methyl sites for hydroxylation is 1. The van der Waals surface area contributed by atoms with Crippen LogP contribution in [0.25, 0.3) is 11.3 Å². The van der Waals surface area contributed by atoms with Crippen LogP contribution in [0.5, 0.6) is 5.75 Å². The van der Waals surface area contributed by atoms with Gasteiger partial charge in [-0.25, -0.2) is 4.98 Å². The molecule has 1 aliphatic heterocycles. The molecule has 0 saturated heterocycles. The first-order valence-electron chi connectivity index (χ1n) is 8.03. The molecule has 1 N–H and O–H groups in total. The molecule has 8 nitrogen and oxygen atoms in total. The molecule has 2 aromatic heterocycles. The third-order valence-corrected chi connectivity index (χ3v) is 4.73. The van der Waals surface area contributed by atoms with Gasteiger partial charge in [0.1, 0.15) is 17.1 Å². The molecule has 126 valence electrons. The standard InChI is InChI=1S/C16H20N6O2/c1-8-12-13(20-22(3)19-12)11-10(24-4)7-17-15(14(11)21(8)2)18-16(23)9-5-6-9/h7-9H,5-6H2,1-4H3,(H,17,18,23). The summed E-state index contributed by atoms with van der Waals surface area (Å²) >= 11 is 0. The molecule has 0 bridgehead atoms. The zero-order valence-corrected chi connectivity index (χ0v) is 14.2. The van der Waals surface area contributed by atoms with Gasteiger partial charge in [-0.3, -0.25) is 4.79 Å². The number of hydrogen-bond donors (Lipinski definition) is 1. The van der Waals surface area contributed by atoms with Crippen LogP contribution in [0.3, 0.4) is 0 Å². The average Bonchev–Trinajstić information content (AvgIpc) is 3.34. The van der Waals surface area contributed by atoms with Crippen LogP contribution in [0, 0.1) is 5.92 Å². The van der Waals surface area contributed by atoms with Crippen LogP contribution >= 0.6 is 0 Å². The molecular formula is C16H20N6O2. The Bertz CT molecular complexity index is 826. The average molecular weight is 328 g/mol. The van der Waals surface area contributed by atoms with Gasteiger partial charge in [0.15, 0.2) is 5.82 Å². The van der Waals surface area contributed by atoms with Gasteiger partial charge in [0.2, 0.25) is 5.91 Å². The highest BCUT2D eigenvalue weighted by molar-refractivity contribution is 6.00. The molecular weight excluding hydrogens is 308 g/mol. The number of nitrogens with one attached hydrogen (secondary N) is 1. The fourth-order valence-electron chi connectivity index (χ4n) is 3.12. The van der Waals surface area contributed by atoms with Crippen molar-refractivity contribution in [3.05, 3.63) is 11.9 Å². The number of aromatic nitrogens is 4. The predicted octanol–water partition coefficient (Wildman–Crippen LogP) is 1.74. The van der Waals surface area contributed by atoms with Crippen molar-refractivity contribution in [1.29, 1.82) is 0 Å². The van der Waals surface area contributed by atoms with E-state index in [1.54, 1.807) is 25.2 Å². The highest BCUT2D eigenvalue weighted by Crippen LogP contribution is 2.49. The van der Waals surface area contributed by atoms with Gasteiger partial charge < -0.3 is 15.0 Å². The normalized spacial score (nSPS) is 18.8. The Hall–Kier alpha value is -2.64. The second-order valence-electron chi connectivity index (χ2n) is 6.37. The van der Waals surface area contributed by atoms with Crippen molar-refractivity contribution < 1.29 is 9.53 Å². The first kappa shape index (κ1) is 14.9. The molecule has 0 radical (unpaired) electrons. The summed E-state index contributed by atoms with van der Waals surface area (Å²) in [6.07, 6.45) is 3.53. The lowest BCUT2D eigenvalue weighted by Gasteiger charge is -2.33. The Balaban J connectivity index is 1.90. The molecule has 0 spiro atoms. The number of amides is 1. The zero-order valence-electron chi connectivity index (χ0n) is 14.2. The maximum Gasteiger partial charge on any atom is 0.228 e. The van der Waals surface area contributed by atoms with Crippen molar-refractivity contribution in [1.82, 2.24) is 20.0 Å². The van der Waals surface area contributed by atoms with Crippen LogP contribution in [-0.4, -0.2) is 40.0 Å². The van der Waals surface area contributed by atoms with Crippen molar-refractivity contribution in [2.24, 2.45) is 13.0 Å². The molecule has 8 heteroatoms. The molecule has 1 fully saturated rings. The van der Waals surface area contributed by atoms with Crippen LogP contribution < -0.4 is 15.0 Å². The predicted molar refractivity (Wildman–Crippen MR) is 89.0 cm³/mol. The minimum absolute atomic E-state index is 0.0201. The largest absolute Gasteiger partial charge is 0.494 e. The monoisotopic (exact) mass is 328 g/mol. The van der Waals surface area contributed by atoms with Crippen molar-refractivity contribution in [2.75, 3.05) is 24.4 Å². The summed E-state index contributed by atoms with van der Waals surface area (Å²) < 4.78 is 5.50. The van der Waals surface area contributed by atoms with Gasteiger partial charge in [0.25, 0.3) is 0 Å². The highest BCUT2D eigenvalue weighted by atomic mass is 16.5. The molecule has 1 saturated carbocycles. The Morgan fingerprint density at radius 2 is 2.08 bits per heavy atom. The van der Waals surface area contributed by atoms with Gasteiger partial charge in [0.05, 0.1) is 30.6 Å². The minimum atomic E-state index is 0.0201. The number of carbonyl (C=O) groups excluding carboxylic acids is 1. The smallest absolute Gasteiger partial charge is 0.228 e. The number of ether oxygens (including phenoxy) is 1. The number of pyridine rings is 1. The van der Waals surface area contributed by atoms with Crippen LogP contribution in [0.4, 0.5) is 11.5 Å². The number of methoxy groups -OCH3 is 1. The molecule has 1 unspecified atom stereocenters. The Kier molecular flexibility index (Phi) is 3.22. The summed E-state index contributed by atoms with van der Waals surface area (Å²) in [5.74, 6) is 1.31.